The Kier molecular flexibility index (Phi) is 55.1. The predicted molar refractivity (Wildman–Crippen MR) is 263 cm³/mol. The highest BCUT2D eigenvalue weighted by atomic mass is 16.4. The lowest BCUT2D eigenvalue weighted by Gasteiger charge is -2.29. The van der Waals surface area contributed by atoms with Crippen molar-refractivity contribution in [1.82, 2.24) is 40.0 Å². The van der Waals surface area contributed by atoms with Gasteiger partial charge in [0.1, 0.15) is 0 Å². The summed E-state index contributed by atoms with van der Waals surface area (Å²) in [4.78, 5) is 98.9. The number of rotatable bonds is 34. The first-order valence-electron chi connectivity index (χ1n) is 21.9. The zero-order chi connectivity index (χ0) is 54.3. The SMILES string of the molecule is C.C=CC.C=CC.C=CC.CC=C(CO)NC(=O)CN(CCN(CC)CCN(CC)CC(=O)[O-])CC(=O)[O-].CC=C(CO)NC(=O)CN(CCN(CCN(CC(=O)O)CC(=O)O)CC(=O)O)CC(=O)O. The molecule has 0 aromatic rings. The van der Waals surface area contributed by atoms with Crippen LogP contribution in [0.4, 0.5) is 0 Å². The molecule has 0 aromatic heterocycles. The molecule has 406 valence electrons. The second-order valence-corrected chi connectivity index (χ2v) is 14.3. The zero-order valence-electron chi connectivity index (χ0n) is 41.6. The summed E-state index contributed by atoms with van der Waals surface area (Å²) in [5, 5.41) is 80.8. The molecular formula is C46H84N8O16-2. The molecule has 0 bridgehead atoms. The Balaban J connectivity index is -0.000000248. The van der Waals surface area contributed by atoms with Gasteiger partial charge in [-0.15, -0.1) is 19.7 Å². The Labute approximate surface area is 414 Å². The molecule has 0 atom stereocenters. The van der Waals surface area contributed by atoms with Crippen LogP contribution in [0.2, 0.25) is 0 Å². The summed E-state index contributed by atoms with van der Waals surface area (Å²) in [7, 11) is 0. The first kappa shape index (κ1) is 75.6. The molecule has 70 heavy (non-hydrogen) atoms. The fraction of sp³-hybridized carbons (Fsp3) is 0.609. The molecular weight excluding hydrogens is 921 g/mol. The van der Waals surface area contributed by atoms with Gasteiger partial charge in [0.25, 0.3) is 0 Å². The lowest BCUT2D eigenvalue weighted by Crippen LogP contribution is -2.47. The first-order valence-corrected chi connectivity index (χ1v) is 21.9. The Morgan fingerprint density at radius 1 is 0.429 bits per heavy atom. The number of carbonyl (C=O) groups is 8. The number of nitrogens with zero attached hydrogens (tertiary/aromatic N) is 6. The Morgan fingerprint density at radius 3 is 0.914 bits per heavy atom. The van der Waals surface area contributed by atoms with E-state index in [2.05, 4.69) is 30.4 Å². The van der Waals surface area contributed by atoms with Gasteiger partial charge < -0.3 is 66.0 Å². The van der Waals surface area contributed by atoms with Crippen molar-refractivity contribution in [2.45, 2.75) is 55.9 Å². The summed E-state index contributed by atoms with van der Waals surface area (Å²) in [6.07, 6.45) is 8.29. The van der Waals surface area contributed by atoms with Gasteiger partial charge in [-0.1, -0.05) is 51.7 Å². The summed E-state index contributed by atoms with van der Waals surface area (Å²) in [6, 6.07) is 0. The number of carboxylic acid groups (broad SMARTS) is 6. The van der Waals surface area contributed by atoms with Crippen LogP contribution in [0.25, 0.3) is 0 Å². The molecule has 0 spiro atoms. The Bertz CT molecular complexity index is 1550. The van der Waals surface area contributed by atoms with E-state index in [1.807, 2.05) is 39.5 Å². The second-order valence-electron chi connectivity index (χ2n) is 14.3. The molecule has 0 fully saturated rings. The van der Waals surface area contributed by atoms with E-state index in [0.29, 0.717) is 45.0 Å². The van der Waals surface area contributed by atoms with Crippen molar-refractivity contribution < 1.29 is 79.2 Å². The molecule has 24 heteroatoms. The molecule has 8 N–H and O–H groups in total. The van der Waals surface area contributed by atoms with Crippen LogP contribution >= 0.6 is 0 Å². The lowest BCUT2D eigenvalue weighted by atomic mass is 10.3. The molecule has 0 saturated carbocycles. The maximum Gasteiger partial charge on any atom is 0.317 e. The third-order valence-corrected chi connectivity index (χ3v) is 8.34. The number of allylic oxidation sites excluding steroid dienone is 5. The third-order valence-electron chi connectivity index (χ3n) is 8.34. The van der Waals surface area contributed by atoms with Crippen LogP contribution < -0.4 is 20.8 Å². The Hall–Kier alpha value is -5.86. The first-order chi connectivity index (χ1) is 32.4. The molecule has 0 radical (unpaired) electrons. The van der Waals surface area contributed by atoms with Crippen LogP contribution in [0.15, 0.2) is 61.5 Å². The summed E-state index contributed by atoms with van der Waals surface area (Å²) in [5.74, 6) is -8.25. The minimum atomic E-state index is -1.28. The average Bonchev–Trinajstić information content (AvgIpc) is 3.24. The van der Waals surface area contributed by atoms with Gasteiger partial charge in [-0.05, 0) is 47.7 Å². The number of likely N-dealkylation sites (N-methyl/N-ethyl adjacent to an activating group) is 2. The van der Waals surface area contributed by atoms with E-state index < -0.39 is 80.4 Å². The highest BCUT2D eigenvalue weighted by molar-refractivity contribution is 5.81. The second kappa shape index (κ2) is 51.0. The summed E-state index contributed by atoms with van der Waals surface area (Å²) in [5.41, 5.74) is 0.593. The number of nitrogens with one attached hydrogen (secondary N) is 2. The van der Waals surface area contributed by atoms with E-state index in [0.717, 1.165) is 4.90 Å². The molecule has 2 amide bonds. The van der Waals surface area contributed by atoms with Crippen LogP contribution in [0.1, 0.15) is 55.9 Å². The smallest absolute Gasteiger partial charge is 0.317 e. The molecule has 0 unspecified atom stereocenters. The van der Waals surface area contributed by atoms with E-state index in [1.165, 1.54) is 20.8 Å². The maximum absolute atomic E-state index is 12.1. The number of hydrogen-bond donors (Lipinski definition) is 8. The summed E-state index contributed by atoms with van der Waals surface area (Å²) in [6.45, 7) is 22.3. The van der Waals surface area contributed by atoms with Crippen LogP contribution in [-0.2, 0) is 38.4 Å². The quantitative estimate of drug-likeness (QED) is 0.0320. The van der Waals surface area contributed by atoms with Crippen LogP contribution in [-0.4, -0.2) is 239 Å². The molecule has 0 aromatic carbocycles. The highest BCUT2D eigenvalue weighted by Gasteiger charge is 2.20. The zero-order valence-corrected chi connectivity index (χ0v) is 41.6. The van der Waals surface area contributed by atoms with Gasteiger partial charge in [0.15, 0.2) is 0 Å². The van der Waals surface area contributed by atoms with Crippen molar-refractivity contribution in [2.75, 3.05) is 131 Å². The molecule has 24 nitrogen and oxygen atoms in total. The van der Waals surface area contributed by atoms with Gasteiger partial charge >= 0.3 is 23.9 Å². The van der Waals surface area contributed by atoms with Gasteiger partial charge in [0.05, 0.1) is 64.4 Å². The maximum atomic E-state index is 12.1. The molecule has 0 heterocycles. The van der Waals surface area contributed by atoms with E-state index in [4.69, 9.17) is 30.6 Å². The van der Waals surface area contributed by atoms with E-state index in [-0.39, 0.29) is 72.1 Å². The molecule has 0 aliphatic heterocycles. The van der Waals surface area contributed by atoms with Crippen LogP contribution in [0, 0.1) is 0 Å². The number of carboxylic acids is 6. The Morgan fingerprint density at radius 2 is 0.657 bits per heavy atom. The number of amides is 2. The van der Waals surface area contributed by atoms with Crippen molar-refractivity contribution in [3.8, 4) is 0 Å². The minimum absolute atomic E-state index is 0. The lowest BCUT2D eigenvalue weighted by molar-refractivity contribution is -0.307. The van der Waals surface area contributed by atoms with Crippen molar-refractivity contribution in [3.05, 3.63) is 61.5 Å². The molecule has 0 aliphatic rings. The van der Waals surface area contributed by atoms with E-state index >= 15 is 0 Å². The van der Waals surface area contributed by atoms with Crippen molar-refractivity contribution >= 4 is 47.6 Å². The fourth-order valence-corrected chi connectivity index (χ4v) is 5.20. The summed E-state index contributed by atoms with van der Waals surface area (Å²) >= 11 is 0. The topological polar surface area (TPSA) is 348 Å². The van der Waals surface area contributed by atoms with E-state index in [1.54, 1.807) is 43.1 Å². The number of aliphatic carboxylic acids is 6. The van der Waals surface area contributed by atoms with Crippen molar-refractivity contribution in [1.29, 1.82) is 0 Å². The average molecular weight is 1010 g/mol. The third kappa shape index (κ3) is 53.1. The largest absolute Gasteiger partial charge is 0.549 e. The van der Waals surface area contributed by atoms with Crippen LogP contribution in [0.3, 0.4) is 0 Å². The number of hydrogen-bond acceptors (Lipinski definition) is 18. The molecule has 0 saturated heterocycles. The van der Waals surface area contributed by atoms with Gasteiger partial charge in [-0.2, -0.15) is 0 Å². The van der Waals surface area contributed by atoms with Crippen molar-refractivity contribution in [2.24, 2.45) is 0 Å². The number of aliphatic hydroxyl groups excluding tert-OH is 2. The van der Waals surface area contributed by atoms with Gasteiger partial charge in [0.2, 0.25) is 11.8 Å². The molecule has 0 rings (SSSR count). The predicted octanol–water partition coefficient (Wildman–Crippen LogP) is -2.10. The van der Waals surface area contributed by atoms with Crippen molar-refractivity contribution in [3.63, 3.8) is 0 Å². The fourth-order valence-electron chi connectivity index (χ4n) is 5.20. The number of carbonyl (C=O) groups excluding carboxylic acids is 4. The summed E-state index contributed by atoms with van der Waals surface area (Å²) < 4.78 is 0. The highest BCUT2D eigenvalue weighted by Crippen LogP contribution is 1.99. The molecule has 0 aliphatic carbocycles. The van der Waals surface area contributed by atoms with E-state index in [9.17, 15) is 48.6 Å². The number of aliphatic hydroxyl groups is 2. The standard InChI is InChI=1S/C18H30N4O10.C18H34N4O6.3C3H6.CH4/c1-2-13(12-23)19-14(24)7-21(9-16(27)28)5-3-20(8-15(25)26)4-6-22(10-17(29)30)11-18(31)32;1-4-15(14-23)19-16(24)11-22(13-18(27)28)10-8-20(5-2)7-9-21(6-3)12-17(25)26;3*1-3-2;/h2,23H,3-12H2,1H3,(H,19,24)(H,25,26)(H,27,28)(H,29,30)(H,31,32);4,23H,5-14H2,1-3H3,(H,19,24)(H,25,26)(H,27,28);3*3H,1H2,2H3;1H4/p-2. The van der Waals surface area contributed by atoms with Crippen LogP contribution in [0.5, 0.6) is 0 Å². The minimum Gasteiger partial charge on any atom is -0.549 e. The van der Waals surface area contributed by atoms with Gasteiger partial charge in [-0.25, -0.2) is 0 Å². The van der Waals surface area contributed by atoms with Gasteiger partial charge in [-0.3, -0.25) is 53.3 Å². The monoisotopic (exact) mass is 1000 g/mol. The normalized spacial score (nSPS) is 10.7. The van der Waals surface area contributed by atoms with Gasteiger partial charge in [0, 0.05) is 76.8 Å².